The maximum absolute atomic E-state index is 9.88. The van der Waals surface area contributed by atoms with Gasteiger partial charge in [-0.3, -0.25) is 0 Å². The van der Waals surface area contributed by atoms with E-state index in [1.807, 2.05) is 36.4 Å². The van der Waals surface area contributed by atoms with Crippen molar-refractivity contribution < 1.29 is 31.3 Å². The minimum atomic E-state index is 0.604. The molecule has 5 heteroatoms. The zero-order valence-electron chi connectivity index (χ0n) is 9.75. The minimum absolute atomic E-state index is 0.604. The van der Waals surface area contributed by atoms with Crippen molar-refractivity contribution in [3.05, 3.63) is 79.5 Å². The number of hydrogen-bond donors (Lipinski definition) is 0. The van der Waals surface area contributed by atoms with Crippen molar-refractivity contribution in [3.8, 4) is 0 Å². The average molecular weight is 492 g/mol. The molecule has 0 aliphatic rings. The normalized spacial score (nSPS) is 6.21. The zero-order valence-corrected chi connectivity index (χ0v) is 14.1. The molecule has 0 amide bonds. The van der Waals surface area contributed by atoms with Gasteiger partial charge in [-0.2, -0.15) is 35.9 Å². The Balaban J connectivity index is -0.000000202. The number of carbonyl (C=O) groups excluding carboxylic acids is 1. The monoisotopic (exact) mass is 492 g/mol. The molecular formula is C14H10BrO3Re-2. The summed E-state index contributed by atoms with van der Waals surface area (Å²) in [6, 6.07) is 18.9. The van der Waals surface area contributed by atoms with Crippen LogP contribution < -0.4 is 0 Å². The molecule has 2 aromatic carbocycles. The summed E-state index contributed by atoms with van der Waals surface area (Å²) in [6.45, 7) is 9.00. The van der Waals surface area contributed by atoms with Crippen molar-refractivity contribution in [1.29, 1.82) is 0 Å². The van der Waals surface area contributed by atoms with Gasteiger partial charge in [0.1, 0.15) is 0 Å². The average Bonchev–Trinajstić information content (AvgIpc) is 3.14. The van der Waals surface area contributed by atoms with E-state index >= 15 is 0 Å². The van der Waals surface area contributed by atoms with E-state index < -0.39 is 0 Å². The predicted octanol–water partition coefficient (Wildman–Crippen LogP) is 3.32. The SMILES string of the molecule is O=[C-]c1ccccc1.[Br][Re].[C-]#[O+].[C-]#[O+].c1cc[cH-]c1. The Kier molecular flexibility index (Phi) is 31.0. The number of rotatable bonds is 1. The first-order chi connectivity index (χ1) is 9.43. The number of benzene rings is 1. The van der Waals surface area contributed by atoms with Gasteiger partial charge in [0.2, 0.25) is 0 Å². The molecule has 0 unspecified atom stereocenters. The molecule has 0 radical (unpaired) electrons. The van der Waals surface area contributed by atoms with Crippen LogP contribution in [0.5, 0.6) is 0 Å². The topological polar surface area (TPSA) is 56.9 Å². The third-order valence-electron chi connectivity index (χ3n) is 1.45. The molecule has 19 heavy (non-hydrogen) atoms. The quantitative estimate of drug-likeness (QED) is 0.445. The van der Waals surface area contributed by atoms with Crippen LogP contribution >= 0.6 is 13.4 Å². The molecule has 0 fully saturated rings. The van der Waals surface area contributed by atoms with Gasteiger partial charge in [0.05, 0.1) is 6.29 Å². The number of hydrogen-bond acceptors (Lipinski definition) is 1. The van der Waals surface area contributed by atoms with Crippen LogP contribution in [-0.4, -0.2) is 6.29 Å². The van der Waals surface area contributed by atoms with Gasteiger partial charge < -0.3 is 4.79 Å². The largest absolute Gasteiger partial charge is 0.214 e. The Bertz CT molecular complexity index is 373. The van der Waals surface area contributed by atoms with Crippen molar-refractivity contribution in [2.24, 2.45) is 0 Å². The zero-order chi connectivity index (χ0) is 15.4. The first-order valence-corrected chi connectivity index (χ1v) is 10.5. The Hall–Kier alpha value is -1.14. The summed E-state index contributed by atoms with van der Waals surface area (Å²) < 4.78 is 15.0. The Morgan fingerprint density at radius 1 is 0.947 bits per heavy atom. The van der Waals surface area contributed by atoms with E-state index in [-0.39, 0.29) is 0 Å². The van der Waals surface area contributed by atoms with E-state index in [4.69, 9.17) is 9.30 Å². The van der Waals surface area contributed by atoms with Crippen molar-refractivity contribution in [2.75, 3.05) is 0 Å². The van der Waals surface area contributed by atoms with E-state index in [1.54, 1.807) is 30.6 Å². The minimum Gasteiger partial charge on any atom is -0.214 e. The summed E-state index contributed by atoms with van der Waals surface area (Å²) in [6.07, 6.45) is 1.78. The van der Waals surface area contributed by atoms with Gasteiger partial charge in [-0.1, -0.05) is 6.07 Å². The molecule has 3 nitrogen and oxygen atoms in total. The molecule has 0 aliphatic carbocycles. The molecule has 100 valence electrons. The molecule has 0 heterocycles. The summed E-state index contributed by atoms with van der Waals surface area (Å²) in [5.74, 6) is 0. The Morgan fingerprint density at radius 2 is 1.37 bits per heavy atom. The van der Waals surface area contributed by atoms with Gasteiger partial charge in [0.15, 0.2) is 0 Å². The maximum Gasteiger partial charge on any atom is -0.172 e. The smallest absolute Gasteiger partial charge is 0.172 e. The van der Waals surface area contributed by atoms with Gasteiger partial charge in [-0.25, -0.2) is 12.1 Å². The van der Waals surface area contributed by atoms with Gasteiger partial charge in [0, 0.05) is 0 Å². The molecule has 2 rings (SSSR count). The van der Waals surface area contributed by atoms with Crippen molar-refractivity contribution in [2.45, 2.75) is 0 Å². The summed E-state index contributed by atoms with van der Waals surface area (Å²) in [4.78, 5) is 9.88. The van der Waals surface area contributed by atoms with E-state index in [2.05, 4.69) is 26.7 Å². The summed E-state index contributed by atoms with van der Waals surface area (Å²) in [5, 5.41) is 0. The molecule has 0 bridgehead atoms. The van der Waals surface area contributed by atoms with Gasteiger partial charge >= 0.3 is 53.2 Å². The molecule has 0 aliphatic heterocycles. The second-order valence-electron chi connectivity index (χ2n) is 2.43. The summed E-state index contributed by atoms with van der Waals surface area (Å²) in [7, 11) is 0. The summed E-state index contributed by atoms with van der Waals surface area (Å²) in [5.41, 5.74) is 0.604. The fourth-order valence-electron chi connectivity index (χ4n) is 0.827. The van der Waals surface area contributed by atoms with Crippen LogP contribution in [0.4, 0.5) is 0 Å². The Labute approximate surface area is 130 Å². The second-order valence-corrected chi connectivity index (χ2v) is 2.43. The van der Waals surface area contributed by atoms with E-state index in [0.717, 1.165) is 0 Å². The van der Waals surface area contributed by atoms with Crippen LogP contribution in [0.15, 0.2) is 60.7 Å². The van der Waals surface area contributed by atoms with Gasteiger partial charge in [-0.05, 0) is 0 Å². The Morgan fingerprint density at radius 3 is 1.58 bits per heavy atom. The third kappa shape index (κ3) is 19.4. The molecule has 0 saturated carbocycles. The van der Waals surface area contributed by atoms with E-state index in [0.29, 0.717) is 5.56 Å². The van der Waals surface area contributed by atoms with Crippen LogP contribution in [0.1, 0.15) is 5.56 Å². The van der Waals surface area contributed by atoms with E-state index in [9.17, 15) is 4.79 Å². The van der Waals surface area contributed by atoms with Crippen molar-refractivity contribution >= 4 is 19.7 Å². The standard InChI is InChI=1S/C7H5O.C5H5.2CO.BrH.Re/c8-6-7-4-2-1-3-5-7;1-2-4-5-3-1;2*1-2;;/h1-5H;1-5H;;;1H;/q2*-1;;;;+1/p-1. The van der Waals surface area contributed by atoms with Crippen LogP contribution in [0.2, 0.25) is 0 Å². The molecule has 2 aromatic rings. The first kappa shape index (κ1) is 23.0. The molecule has 0 atom stereocenters. The third-order valence-corrected chi connectivity index (χ3v) is 1.45. The molecular weight excluding hydrogens is 482 g/mol. The molecule has 0 aromatic heterocycles. The van der Waals surface area contributed by atoms with Gasteiger partial charge in [-0.15, -0.1) is 12.1 Å². The predicted molar refractivity (Wildman–Crippen MR) is 70.1 cm³/mol. The number of halogens is 1. The molecule has 0 N–H and O–H groups in total. The van der Waals surface area contributed by atoms with Gasteiger partial charge in [0.25, 0.3) is 0 Å². The summed E-state index contributed by atoms with van der Waals surface area (Å²) >= 11 is 4.53. The van der Waals surface area contributed by atoms with Crippen molar-refractivity contribution in [1.82, 2.24) is 0 Å². The van der Waals surface area contributed by atoms with Crippen LogP contribution in [-0.2, 0) is 31.3 Å². The van der Waals surface area contributed by atoms with Crippen molar-refractivity contribution in [3.63, 3.8) is 0 Å². The molecule has 0 saturated heterocycles. The maximum atomic E-state index is 9.88. The van der Waals surface area contributed by atoms with Crippen LogP contribution in [0, 0.1) is 13.3 Å². The van der Waals surface area contributed by atoms with Crippen LogP contribution in [0.25, 0.3) is 0 Å². The first-order valence-electron chi connectivity index (χ1n) is 4.58. The van der Waals surface area contributed by atoms with E-state index in [1.165, 1.54) is 17.2 Å². The fraction of sp³-hybridized carbons (Fsp3) is 0. The van der Waals surface area contributed by atoms with Crippen LogP contribution in [0.3, 0.4) is 0 Å². The molecule has 0 spiro atoms. The fourth-order valence-corrected chi connectivity index (χ4v) is 0.827. The second kappa shape index (κ2) is 25.6.